The normalized spacial score (nSPS) is 13.1. The number of rotatable bonds is 6. The van der Waals surface area contributed by atoms with Gasteiger partial charge >= 0.3 is 17.9 Å². The number of hydrogen-bond acceptors (Lipinski definition) is 7. The second kappa shape index (κ2) is 9.04. The van der Waals surface area contributed by atoms with Gasteiger partial charge in [0.25, 0.3) is 5.91 Å². The van der Waals surface area contributed by atoms with Crippen molar-refractivity contribution >= 4 is 35.5 Å². The summed E-state index contributed by atoms with van der Waals surface area (Å²) in [5.74, 6) is -5.05. The maximum atomic E-state index is 12.7. The van der Waals surface area contributed by atoms with E-state index in [0.717, 1.165) is 0 Å². The van der Waals surface area contributed by atoms with E-state index in [2.05, 4.69) is 10.6 Å². The second-order valence-electron chi connectivity index (χ2n) is 6.68. The molecular formula is C20H18N4O8. The molecule has 166 valence electrons. The van der Waals surface area contributed by atoms with Crippen LogP contribution >= 0.6 is 0 Å². The van der Waals surface area contributed by atoms with Gasteiger partial charge in [-0.05, 0) is 30.3 Å². The number of carbonyl (C=O) groups is 4. The van der Waals surface area contributed by atoms with Gasteiger partial charge in [-0.1, -0.05) is 6.07 Å². The molecule has 0 saturated carbocycles. The number of fused-ring (bicyclic) bond motifs is 2. The van der Waals surface area contributed by atoms with Gasteiger partial charge in [0.1, 0.15) is 12.6 Å². The average Bonchev–Trinajstić information content (AvgIpc) is 2.70. The van der Waals surface area contributed by atoms with Crippen LogP contribution in [0.3, 0.4) is 0 Å². The Balaban J connectivity index is 1.92. The van der Waals surface area contributed by atoms with Crippen LogP contribution in [0, 0.1) is 5.41 Å². The van der Waals surface area contributed by atoms with Crippen molar-refractivity contribution in [3.8, 4) is 11.5 Å². The Bertz CT molecular complexity index is 1130. The number of amides is 1. The van der Waals surface area contributed by atoms with E-state index in [1.807, 2.05) is 0 Å². The van der Waals surface area contributed by atoms with Crippen LogP contribution in [-0.4, -0.2) is 46.0 Å². The van der Waals surface area contributed by atoms with Crippen molar-refractivity contribution in [2.45, 2.75) is 19.1 Å². The third-order valence-electron chi connectivity index (χ3n) is 4.38. The summed E-state index contributed by atoms with van der Waals surface area (Å²) in [6.07, 6.45) is -0.828. The van der Waals surface area contributed by atoms with Crippen molar-refractivity contribution in [1.82, 2.24) is 5.32 Å². The molecule has 7 N–H and O–H groups in total. The highest BCUT2D eigenvalue weighted by atomic mass is 16.6. The molecule has 0 radical (unpaired) electrons. The number of hydrogen-bond donors (Lipinski definition) is 6. The SMILES string of the molecule is N=C(N)Nc1ccc2c(c1)COc1c(cccc1C(=O)N[C@@H](CC(=O)O)C(=O)O)OC2=O. The van der Waals surface area contributed by atoms with E-state index < -0.39 is 36.3 Å². The van der Waals surface area contributed by atoms with E-state index in [0.29, 0.717) is 11.3 Å². The molecule has 1 atom stereocenters. The molecule has 3 rings (SSSR count). The zero-order chi connectivity index (χ0) is 23.4. The molecule has 0 spiro atoms. The molecule has 0 saturated heterocycles. The minimum absolute atomic E-state index is 0.0654. The predicted molar refractivity (Wildman–Crippen MR) is 109 cm³/mol. The van der Waals surface area contributed by atoms with Crippen molar-refractivity contribution in [2.24, 2.45) is 5.73 Å². The lowest BCUT2D eigenvalue weighted by Crippen LogP contribution is -2.42. The van der Waals surface area contributed by atoms with Crippen LogP contribution < -0.4 is 25.8 Å². The third kappa shape index (κ3) is 4.92. The summed E-state index contributed by atoms with van der Waals surface area (Å²) in [6.45, 7) is -0.160. The van der Waals surface area contributed by atoms with Crippen LogP contribution in [0.5, 0.6) is 11.5 Å². The van der Waals surface area contributed by atoms with Gasteiger partial charge in [0.2, 0.25) is 0 Å². The third-order valence-corrected chi connectivity index (χ3v) is 4.38. The predicted octanol–water partition coefficient (Wildman–Crippen LogP) is 0.761. The van der Waals surface area contributed by atoms with Crippen LogP contribution in [0.1, 0.15) is 32.7 Å². The minimum Gasteiger partial charge on any atom is -0.484 e. The van der Waals surface area contributed by atoms with Crippen LogP contribution in [0.15, 0.2) is 36.4 Å². The fraction of sp³-hybridized carbons (Fsp3) is 0.150. The van der Waals surface area contributed by atoms with Crippen LogP contribution in [-0.2, 0) is 16.2 Å². The van der Waals surface area contributed by atoms with Gasteiger partial charge in [-0.3, -0.25) is 15.0 Å². The fourth-order valence-corrected chi connectivity index (χ4v) is 2.98. The molecular weight excluding hydrogens is 424 g/mol. The van der Waals surface area contributed by atoms with Gasteiger partial charge in [0, 0.05) is 11.3 Å². The molecule has 12 nitrogen and oxygen atoms in total. The Hall–Kier alpha value is -4.61. The largest absolute Gasteiger partial charge is 0.484 e. The van der Waals surface area contributed by atoms with E-state index in [1.54, 1.807) is 0 Å². The van der Waals surface area contributed by atoms with E-state index in [9.17, 15) is 19.2 Å². The topological polar surface area (TPSA) is 201 Å². The Morgan fingerprint density at radius 1 is 1.19 bits per heavy atom. The number of nitrogens with one attached hydrogen (secondary N) is 3. The Morgan fingerprint density at radius 3 is 2.59 bits per heavy atom. The number of benzene rings is 2. The van der Waals surface area contributed by atoms with E-state index in [4.69, 9.17) is 30.8 Å². The molecule has 12 heteroatoms. The number of nitrogens with two attached hydrogens (primary N) is 1. The quantitative estimate of drug-likeness (QED) is 0.160. The number of carbonyl (C=O) groups excluding carboxylic acids is 2. The summed E-state index contributed by atoms with van der Waals surface area (Å²) in [5.41, 5.74) is 6.19. The van der Waals surface area contributed by atoms with Crippen molar-refractivity contribution in [3.63, 3.8) is 0 Å². The van der Waals surface area contributed by atoms with Crippen molar-refractivity contribution in [2.75, 3.05) is 5.32 Å². The number of para-hydroxylation sites is 1. The number of aliphatic carboxylic acids is 2. The number of esters is 1. The lowest BCUT2D eigenvalue weighted by molar-refractivity contribution is -0.145. The van der Waals surface area contributed by atoms with Gasteiger partial charge in [-0.25, -0.2) is 9.59 Å². The summed E-state index contributed by atoms with van der Waals surface area (Å²) in [4.78, 5) is 47.4. The van der Waals surface area contributed by atoms with Crippen LogP contribution in [0.2, 0.25) is 0 Å². The van der Waals surface area contributed by atoms with Crippen molar-refractivity contribution < 1.29 is 38.9 Å². The van der Waals surface area contributed by atoms with Crippen LogP contribution in [0.4, 0.5) is 5.69 Å². The molecule has 2 aromatic rings. The van der Waals surface area contributed by atoms with E-state index in [-0.39, 0.29) is 35.2 Å². The first kappa shape index (κ1) is 22.1. The summed E-state index contributed by atoms with van der Waals surface area (Å²) in [6, 6.07) is 6.97. The molecule has 0 fully saturated rings. The second-order valence-corrected chi connectivity index (χ2v) is 6.68. The number of guanidine groups is 1. The fourth-order valence-electron chi connectivity index (χ4n) is 2.98. The smallest absolute Gasteiger partial charge is 0.344 e. The molecule has 1 heterocycles. The molecule has 0 aromatic heterocycles. The van der Waals surface area contributed by atoms with Gasteiger partial charge in [-0.15, -0.1) is 0 Å². The molecule has 2 aromatic carbocycles. The highest BCUT2D eigenvalue weighted by Crippen LogP contribution is 2.35. The minimum atomic E-state index is -1.67. The molecule has 0 aliphatic carbocycles. The Labute approximate surface area is 180 Å². The molecule has 1 amide bonds. The maximum Gasteiger partial charge on any atom is 0.344 e. The van der Waals surface area contributed by atoms with E-state index in [1.165, 1.54) is 36.4 Å². The van der Waals surface area contributed by atoms with Crippen LogP contribution in [0.25, 0.3) is 0 Å². The lowest BCUT2D eigenvalue weighted by Gasteiger charge is -2.21. The molecule has 32 heavy (non-hydrogen) atoms. The standard InChI is InChI=1S/C20H18N4O8/c21-20(22)23-10-4-5-11-9(6-10)8-31-16-12(2-1-3-14(16)32-19(11)30)17(27)24-13(18(28)29)7-15(25)26/h1-6,13H,7-8H2,(H,24,27)(H,25,26)(H,28,29)(H4,21,22,23)/t13-/m0/s1. The first-order valence-electron chi connectivity index (χ1n) is 9.13. The zero-order valence-electron chi connectivity index (χ0n) is 16.4. The zero-order valence-corrected chi connectivity index (χ0v) is 16.4. The summed E-state index contributed by atoms with van der Waals surface area (Å²) < 4.78 is 11.1. The highest BCUT2D eigenvalue weighted by Gasteiger charge is 2.28. The lowest BCUT2D eigenvalue weighted by atomic mass is 10.1. The number of anilines is 1. The Morgan fingerprint density at radius 2 is 1.94 bits per heavy atom. The summed E-state index contributed by atoms with van der Waals surface area (Å²) in [7, 11) is 0. The summed E-state index contributed by atoms with van der Waals surface area (Å²) in [5, 5.41) is 30.0. The molecule has 1 aliphatic heterocycles. The van der Waals surface area contributed by atoms with Crippen molar-refractivity contribution in [1.29, 1.82) is 5.41 Å². The molecule has 0 bridgehead atoms. The first-order valence-corrected chi connectivity index (χ1v) is 9.13. The number of carboxylic acids is 2. The highest BCUT2D eigenvalue weighted by molar-refractivity contribution is 6.01. The van der Waals surface area contributed by atoms with Gasteiger partial charge in [0.15, 0.2) is 17.5 Å². The first-order chi connectivity index (χ1) is 15.2. The summed E-state index contributed by atoms with van der Waals surface area (Å²) >= 11 is 0. The van der Waals surface area contributed by atoms with Gasteiger partial charge in [-0.2, -0.15) is 0 Å². The number of carboxylic acid groups (broad SMARTS) is 2. The molecule has 0 unspecified atom stereocenters. The molecule has 1 aliphatic rings. The number of ether oxygens (including phenoxy) is 2. The monoisotopic (exact) mass is 442 g/mol. The van der Waals surface area contributed by atoms with E-state index >= 15 is 0 Å². The Kier molecular flexibility index (Phi) is 6.24. The maximum absolute atomic E-state index is 12.7. The van der Waals surface area contributed by atoms with Crippen molar-refractivity contribution in [3.05, 3.63) is 53.1 Å². The average molecular weight is 442 g/mol. The van der Waals surface area contributed by atoms with Gasteiger partial charge in [0.05, 0.1) is 17.5 Å². The van der Waals surface area contributed by atoms with Gasteiger partial charge < -0.3 is 36.1 Å².